The number of benzene rings is 1. The highest BCUT2D eigenvalue weighted by Crippen LogP contribution is 2.30. The summed E-state index contributed by atoms with van der Waals surface area (Å²) in [4.78, 5) is 15.5. The Labute approximate surface area is 148 Å². The first-order valence-corrected chi connectivity index (χ1v) is 8.42. The minimum absolute atomic E-state index is 0.132. The molecule has 0 bridgehead atoms. The van der Waals surface area contributed by atoms with Gasteiger partial charge in [0.05, 0.1) is 5.56 Å². The van der Waals surface area contributed by atoms with Crippen LogP contribution in [0.1, 0.15) is 21.5 Å². The molecule has 0 fully saturated rings. The van der Waals surface area contributed by atoms with E-state index in [9.17, 15) is 9.18 Å². The van der Waals surface area contributed by atoms with Crippen LogP contribution in [0.3, 0.4) is 0 Å². The van der Waals surface area contributed by atoms with E-state index < -0.39 is 11.9 Å². The van der Waals surface area contributed by atoms with Crippen molar-refractivity contribution >= 4 is 23.1 Å². The van der Waals surface area contributed by atoms with Crippen LogP contribution in [0.4, 0.5) is 10.2 Å². The van der Waals surface area contributed by atoms with Crippen LogP contribution in [0.2, 0.25) is 0 Å². The molecule has 0 aliphatic rings. The second kappa shape index (κ2) is 7.31. The maximum Gasteiger partial charge on any atom is 0.255 e. The molecule has 128 valence electrons. The molecule has 0 unspecified atom stereocenters. The Morgan fingerprint density at radius 3 is 2.64 bits per heavy atom. The highest BCUT2D eigenvalue weighted by atomic mass is 32.1. The number of pyridine rings is 1. The first-order valence-electron chi connectivity index (χ1n) is 7.54. The molecule has 0 radical (unpaired) electrons. The number of rotatable bonds is 5. The summed E-state index contributed by atoms with van der Waals surface area (Å²) >= 11 is 1.54. The number of thiophene rings is 1. The van der Waals surface area contributed by atoms with Crippen LogP contribution in [0.5, 0.6) is 10.8 Å². The highest BCUT2D eigenvalue weighted by molar-refractivity contribution is 7.12. The molecule has 0 aliphatic heterocycles. The first kappa shape index (κ1) is 16.9. The number of nitrogens with zero attached hydrogens (tertiary/aromatic N) is 1. The van der Waals surface area contributed by atoms with E-state index in [0.717, 1.165) is 28.0 Å². The number of halogens is 1. The van der Waals surface area contributed by atoms with Crippen molar-refractivity contribution in [1.29, 1.82) is 0 Å². The van der Waals surface area contributed by atoms with Gasteiger partial charge >= 0.3 is 0 Å². The Morgan fingerprint density at radius 2 is 2.00 bits per heavy atom. The van der Waals surface area contributed by atoms with Crippen molar-refractivity contribution < 1.29 is 13.9 Å². The van der Waals surface area contributed by atoms with Crippen LogP contribution < -0.4 is 15.8 Å². The molecule has 0 saturated carbocycles. The fourth-order valence-electron chi connectivity index (χ4n) is 2.17. The van der Waals surface area contributed by atoms with Crippen LogP contribution in [0.15, 0.2) is 47.8 Å². The van der Waals surface area contributed by atoms with Gasteiger partial charge in [-0.15, -0.1) is 11.3 Å². The molecule has 7 heteroatoms. The largest absolute Gasteiger partial charge is 0.446 e. The van der Waals surface area contributed by atoms with Crippen molar-refractivity contribution in [2.75, 3.05) is 5.73 Å². The predicted octanol–water partition coefficient (Wildman–Crippen LogP) is 3.90. The van der Waals surface area contributed by atoms with Gasteiger partial charge in [-0.1, -0.05) is 12.1 Å². The normalized spacial score (nSPS) is 10.5. The van der Waals surface area contributed by atoms with E-state index in [1.807, 2.05) is 42.6 Å². The van der Waals surface area contributed by atoms with Crippen LogP contribution >= 0.6 is 11.3 Å². The van der Waals surface area contributed by atoms with Gasteiger partial charge in [-0.3, -0.25) is 4.79 Å². The van der Waals surface area contributed by atoms with E-state index in [1.165, 1.54) is 17.4 Å². The number of anilines is 1. The van der Waals surface area contributed by atoms with E-state index in [-0.39, 0.29) is 11.4 Å². The molecule has 0 atom stereocenters. The van der Waals surface area contributed by atoms with Crippen molar-refractivity contribution in [3.05, 3.63) is 70.5 Å². The van der Waals surface area contributed by atoms with E-state index in [0.29, 0.717) is 6.54 Å². The SMILES string of the molecule is Cc1ccsc1Oc1ccc(CNC(=O)c2ccc(F)nc2N)cc1. The smallest absolute Gasteiger partial charge is 0.255 e. The number of ether oxygens (including phenoxy) is 1. The topological polar surface area (TPSA) is 77.2 Å². The van der Waals surface area contributed by atoms with Crippen molar-refractivity contribution in [2.45, 2.75) is 13.5 Å². The van der Waals surface area contributed by atoms with Crippen LogP contribution in [-0.4, -0.2) is 10.9 Å². The van der Waals surface area contributed by atoms with Gasteiger partial charge in [0.25, 0.3) is 5.91 Å². The van der Waals surface area contributed by atoms with Gasteiger partial charge in [0.15, 0.2) is 5.06 Å². The molecule has 0 saturated heterocycles. The predicted molar refractivity (Wildman–Crippen MR) is 95.3 cm³/mol. The minimum atomic E-state index is -0.717. The van der Waals surface area contributed by atoms with Crippen molar-refractivity contribution in [1.82, 2.24) is 10.3 Å². The molecule has 3 N–H and O–H groups in total. The summed E-state index contributed by atoms with van der Waals surface area (Å²) in [7, 11) is 0. The summed E-state index contributed by atoms with van der Waals surface area (Å²) in [6.45, 7) is 2.31. The summed E-state index contributed by atoms with van der Waals surface area (Å²) in [6, 6.07) is 11.8. The molecule has 1 aromatic carbocycles. The molecular formula is C18H16FN3O2S. The monoisotopic (exact) mass is 357 g/mol. The zero-order chi connectivity index (χ0) is 17.8. The Hall–Kier alpha value is -2.93. The molecule has 5 nitrogen and oxygen atoms in total. The molecule has 25 heavy (non-hydrogen) atoms. The van der Waals surface area contributed by atoms with Gasteiger partial charge in [0, 0.05) is 12.1 Å². The standard InChI is InChI=1S/C18H16FN3O2S/c1-11-8-9-25-18(11)24-13-4-2-12(3-5-13)10-21-17(23)14-6-7-15(19)22-16(14)20/h2-9H,10H2,1H3,(H2,20,22)(H,21,23). The first-order chi connectivity index (χ1) is 12.0. The number of hydrogen-bond donors (Lipinski definition) is 2. The molecule has 0 aliphatic carbocycles. The molecule has 3 rings (SSSR count). The quantitative estimate of drug-likeness (QED) is 0.679. The van der Waals surface area contributed by atoms with Crippen LogP contribution in [0.25, 0.3) is 0 Å². The highest BCUT2D eigenvalue weighted by Gasteiger charge is 2.11. The Kier molecular flexibility index (Phi) is 4.95. The lowest BCUT2D eigenvalue weighted by atomic mass is 10.2. The third-order valence-electron chi connectivity index (χ3n) is 3.54. The maximum atomic E-state index is 12.9. The summed E-state index contributed by atoms with van der Waals surface area (Å²) < 4.78 is 18.7. The Balaban J connectivity index is 1.60. The van der Waals surface area contributed by atoms with Crippen molar-refractivity contribution in [3.8, 4) is 10.8 Å². The van der Waals surface area contributed by atoms with Gasteiger partial charge < -0.3 is 15.8 Å². The van der Waals surface area contributed by atoms with E-state index in [1.54, 1.807) is 0 Å². The number of carbonyl (C=O) groups excluding carboxylic acids is 1. The summed E-state index contributed by atoms with van der Waals surface area (Å²) in [5.74, 6) is -0.523. The number of hydrogen-bond acceptors (Lipinski definition) is 5. The molecule has 0 spiro atoms. The lowest BCUT2D eigenvalue weighted by Gasteiger charge is -2.08. The molecule has 1 amide bonds. The van der Waals surface area contributed by atoms with Crippen molar-refractivity contribution in [3.63, 3.8) is 0 Å². The number of nitrogens with one attached hydrogen (secondary N) is 1. The van der Waals surface area contributed by atoms with E-state index >= 15 is 0 Å². The fraction of sp³-hybridized carbons (Fsp3) is 0.111. The maximum absolute atomic E-state index is 12.9. The van der Waals surface area contributed by atoms with Crippen molar-refractivity contribution in [2.24, 2.45) is 0 Å². The van der Waals surface area contributed by atoms with Gasteiger partial charge in [-0.2, -0.15) is 4.39 Å². The molecule has 2 aromatic heterocycles. The number of aryl methyl sites for hydroxylation is 1. The third-order valence-corrected chi connectivity index (χ3v) is 4.43. The minimum Gasteiger partial charge on any atom is -0.446 e. The van der Waals surface area contributed by atoms with Crippen LogP contribution in [0, 0.1) is 12.9 Å². The Bertz CT molecular complexity index is 894. The lowest BCUT2D eigenvalue weighted by Crippen LogP contribution is -2.24. The Morgan fingerprint density at radius 1 is 1.24 bits per heavy atom. The van der Waals surface area contributed by atoms with E-state index in [4.69, 9.17) is 10.5 Å². The fourth-order valence-corrected chi connectivity index (χ4v) is 2.96. The summed E-state index contributed by atoms with van der Waals surface area (Å²) in [6.07, 6.45) is 0. The number of carbonyl (C=O) groups is 1. The average Bonchev–Trinajstić information content (AvgIpc) is 2.99. The summed E-state index contributed by atoms with van der Waals surface area (Å²) in [5.41, 5.74) is 7.70. The number of aromatic nitrogens is 1. The van der Waals surface area contributed by atoms with Crippen LogP contribution in [-0.2, 0) is 6.54 Å². The molecule has 3 aromatic rings. The number of nitrogens with two attached hydrogens (primary N) is 1. The third kappa shape index (κ3) is 4.13. The summed E-state index contributed by atoms with van der Waals surface area (Å²) in [5, 5.41) is 5.57. The molecular weight excluding hydrogens is 341 g/mol. The number of nitrogen functional groups attached to an aromatic ring is 1. The second-order valence-electron chi connectivity index (χ2n) is 5.39. The van der Waals surface area contributed by atoms with Gasteiger partial charge in [-0.05, 0) is 48.2 Å². The number of amides is 1. The lowest BCUT2D eigenvalue weighted by molar-refractivity contribution is 0.0951. The van der Waals surface area contributed by atoms with Gasteiger partial charge in [-0.25, -0.2) is 4.98 Å². The average molecular weight is 357 g/mol. The van der Waals surface area contributed by atoms with Gasteiger partial charge in [0.1, 0.15) is 11.6 Å². The zero-order valence-corrected chi connectivity index (χ0v) is 14.3. The zero-order valence-electron chi connectivity index (χ0n) is 13.5. The molecule has 2 heterocycles. The van der Waals surface area contributed by atoms with E-state index in [2.05, 4.69) is 10.3 Å². The second-order valence-corrected chi connectivity index (χ2v) is 6.27. The van der Waals surface area contributed by atoms with Gasteiger partial charge in [0.2, 0.25) is 5.95 Å².